The molecule has 1 aliphatic heterocycles. The summed E-state index contributed by atoms with van der Waals surface area (Å²) in [6.07, 6.45) is 4.14. The maximum atomic E-state index is 13.2. The van der Waals surface area contributed by atoms with Gasteiger partial charge in [-0.15, -0.1) is 0 Å². The number of rotatable bonds is 6. The average molecular weight is 480 g/mol. The lowest BCUT2D eigenvalue weighted by Gasteiger charge is -2.27. The topological polar surface area (TPSA) is 104 Å². The number of hydrogen-bond donors (Lipinski definition) is 3. The molecule has 32 heavy (non-hydrogen) atoms. The quantitative estimate of drug-likeness (QED) is 0.588. The molecule has 1 heterocycles. The van der Waals surface area contributed by atoms with Crippen LogP contribution in [0.1, 0.15) is 41.6 Å². The van der Waals surface area contributed by atoms with Gasteiger partial charge in [0, 0.05) is 16.6 Å². The van der Waals surface area contributed by atoms with Gasteiger partial charge in [-0.25, -0.2) is 12.8 Å². The molecule has 0 spiro atoms. The van der Waals surface area contributed by atoms with E-state index in [0.717, 1.165) is 37.8 Å². The van der Waals surface area contributed by atoms with E-state index >= 15 is 0 Å². The van der Waals surface area contributed by atoms with Crippen LogP contribution in [0.2, 0.25) is 5.02 Å². The van der Waals surface area contributed by atoms with Crippen molar-refractivity contribution in [1.82, 2.24) is 5.32 Å². The summed E-state index contributed by atoms with van der Waals surface area (Å²) < 4.78 is 38.5. The molecule has 0 unspecified atom stereocenters. The number of halogens is 2. The third-order valence-corrected chi connectivity index (χ3v) is 7.63. The zero-order valence-corrected chi connectivity index (χ0v) is 18.7. The van der Waals surface area contributed by atoms with Crippen molar-refractivity contribution in [2.75, 3.05) is 16.4 Å². The summed E-state index contributed by atoms with van der Waals surface area (Å²) in [4.78, 5) is 25.0. The van der Waals surface area contributed by atoms with Crippen molar-refractivity contribution >= 4 is 44.6 Å². The third-order valence-electron chi connectivity index (χ3n) is 5.69. The van der Waals surface area contributed by atoms with E-state index in [4.69, 9.17) is 11.6 Å². The Hall–Kier alpha value is -2.65. The van der Waals surface area contributed by atoms with Gasteiger partial charge in [-0.1, -0.05) is 30.5 Å². The van der Waals surface area contributed by atoms with Crippen molar-refractivity contribution in [1.29, 1.82) is 0 Å². The van der Waals surface area contributed by atoms with Crippen molar-refractivity contribution in [2.45, 2.75) is 43.5 Å². The van der Waals surface area contributed by atoms with Gasteiger partial charge in [0.2, 0.25) is 5.91 Å². The molecule has 10 heteroatoms. The Balaban J connectivity index is 1.44. The summed E-state index contributed by atoms with van der Waals surface area (Å²) in [6.45, 7) is 0. The molecular formula is C22H23ClFN3O4S. The first-order valence-corrected chi connectivity index (χ1v) is 12.6. The molecule has 2 aromatic rings. The summed E-state index contributed by atoms with van der Waals surface area (Å²) in [5.74, 6) is -2.15. The molecule has 170 valence electrons. The van der Waals surface area contributed by atoms with Crippen molar-refractivity contribution < 1.29 is 22.4 Å². The highest BCUT2D eigenvalue weighted by Gasteiger charge is 2.31. The van der Waals surface area contributed by atoms with Crippen LogP contribution in [0, 0.1) is 5.82 Å². The van der Waals surface area contributed by atoms with Gasteiger partial charge in [0.15, 0.2) is 9.84 Å². The molecule has 4 rings (SSSR count). The van der Waals surface area contributed by atoms with Crippen LogP contribution in [-0.4, -0.2) is 38.1 Å². The SMILES string of the molecule is O=C(NC1CCCC1)c1ccc2c(c1)NC(=O)[C@H](CS(=O)(=O)Cc1ccc(F)cc1Cl)N2. The number of benzene rings is 2. The fourth-order valence-electron chi connectivity index (χ4n) is 4.03. The second-order valence-electron chi connectivity index (χ2n) is 8.19. The van der Waals surface area contributed by atoms with E-state index in [1.165, 1.54) is 6.07 Å². The smallest absolute Gasteiger partial charge is 0.251 e. The predicted octanol–water partition coefficient (Wildman–Crippen LogP) is 3.50. The first-order chi connectivity index (χ1) is 15.2. The fraction of sp³-hybridized carbons (Fsp3) is 0.364. The lowest BCUT2D eigenvalue weighted by Crippen LogP contribution is -2.43. The zero-order valence-electron chi connectivity index (χ0n) is 17.2. The van der Waals surface area contributed by atoms with Gasteiger partial charge in [0.25, 0.3) is 5.91 Å². The first kappa shape index (κ1) is 22.5. The molecule has 2 aliphatic rings. The van der Waals surface area contributed by atoms with Gasteiger partial charge in [0.1, 0.15) is 11.9 Å². The fourth-order valence-corrected chi connectivity index (χ4v) is 5.93. The summed E-state index contributed by atoms with van der Waals surface area (Å²) in [5, 5.41) is 8.63. The number of carbonyl (C=O) groups excluding carboxylic acids is 2. The van der Waals surface area contributed by atoms with Crippen LogP contribution in [0.4, 0.5) is 15.8 Å². The minimum absolute atomic E-state index is 0.0170. The number of fused-ring (bicyclic) bond motifs is 1. The predicted molar refractivity (Wildman–Crippen MR) is 121 cm³/mol. The molecule has 2 amide bonds. The Labute approximate surface area is 190 Å². The molecule has 0 radical (unpaired) electrons. The molecule has 0 saturated heterocycles. The summed E-state index contributed by atoms with van der Waals surface area (Å²) in [5.41, 5.74) is 1.64. The van der Waals surface area contributed by atoms with Crippen molar-refractivity contribution in [3.8, 4) is 0 Å². The Bertz CT molecular complexity index is 1170. The molecule has 1 saturated carbocycles. The Kier molecular flexibility index (Phi) is 6.39. The van der Waals surface area contributed by atoms with E-state index in [1.54, 1.807) is 18.2 Å². The number of hydrogen-bond acceptors (Lipinski definition) is 5. The van der Waals surface area contributed by atoms with E-state index < -0.39 is 39.1 Å². The third kappa shape index (κ3) is 5.21. The molecule has 1 aliphatic carbocycles. The lowest BCUT2D eigenvalue weighted by molar-refractivity contribution is -0.116. The number of amides is 2. The highest BCUT2D eigenvalue weighted by molar-refractivity contribution is 7.90. The van der Waals surface area contributed by atoms with Crippen molar-refractivity contribution in [3.05, 3.63) is 58.4 Å². The second-order valence-corrected chi connectivity index (χ2v) is 10.7. The van der Waals surface area contributed by atoms with Gasteiger partial charge < -0.3 is 16.0 Å². The molecule has 0 bridgehead atoms. The molecule has 0 aromatic heterocycles. The van der Waals surface area contributed by atoms with Crippen molar-refractivity contribution in [2.24, 2.45) is 0 Å². The van der Waals surface area contributed by atoms with Gasteiger partial charge in [-0.2, -0.15) is 0 Å². The molecule has 1 atom stereocenters. The van der Waals surface area contributed by atoms with Gasteiger partial charge in [0.05, 0.1) is 22.9 Å². The van der Waals surface area contributed by atoms with E-state index in [1.807, 2.05) is 0 Å². The number of sulfone groups is 1. The molecule has 2 aromatic carbocycles. The molecule has 7 nitrogen and oxygen atoms in total. The molecular weight excluding hydrogens is 457 g/mol. The number of carbonyl (C=O) groups is 2. The van der Waals surface area contributed by atoms with Crippen LogP contribution in [-0.2, 0) is 20.4 Å². The minimum Gasteiger partial charge on any atom is -0.371 e. The van der Waals surface area contributed by atoms with Gasteiger partial charge in [-0.3, -0.25) is 9.59 Å². The average Bonchev–Trinajstić information content (AvgIpc) is 3.23. The van der Waals surface area contributed by atoms with E-state index in [9.17, 15) is 22.4 Å². The largest absolute Gasteiger partial charge is 0.371 e. The first-order valence-electron chi connectivity index (χ1n) is 10.4. The summed E-state index contributed by atoms with van der Waals surface area (Å²) >= 11 is 5.94. The summed E-state index contributed by atoms with van der Waals surface area (Å²) in [7, 11) is -3.73. The highest BCUT2D eigenvalue weighted by Crippen LogP contribution is 2.29. The second kappa shape index (κ2) is 9.07. The van der Waals surface area contributed by atoms with Crippen molar-refractivity contribution in [3.63, 3.8) is 0 Å². The zero-order chi connectivity index (χ0) is 22.9. The standard InChI is InChI=1S/C22H23ClFN3O4S/c23-17-10-15(24)7-5-14(17)11-32(30,31)12-20-22(29)27-19-9-13(6-8-18(19)26-20)21(28)25-16-3-1-2-4-16/h5-10,16,20,26H,1-4,11-12H2,(H,25,28)(H,27,29)/t20-/m0/s1. The van der Waals surface area contributed by atoms with Crippen LogP contribution in [0.3, 0.4) is 0 Å². The van der Waals surface area contributed by atoms with E-state index in [2.05, 4.69) is 16.0 Å². The number of nitrogens with one attached hydrogen (secondary N) is 3. The van der Waals surface area contributed by atoms with E-state index in [0.29, 0.717) is 16.9 Å². The van der Waals surface area contributed by atoms with Crippen LogP contribution >= 0.6 is 11.6 Å². The Morgan fingerprint density at radius 3 is 2.59 bits per heavy atom. The Morgan fingerprint density at radius 1 is 1.12 bits per heavy atom. The van der Waals surface area contributed by atoms with Crippen LogP contribution in [0.15, 0.2) is 36.4 Å². The van der Waals surface area contributed by atoms with Crippen LogP contribution in [0.5, 0.6) is 0 Å². The van der Waals surface area contributed by atoms with Gasteiger partial charge >= 0.3 is 0 Å². The molecule has 3 N–H and O–H groups in total. The maximum Gasteiger partial charge on any atom is 0.251 e. The maximum absolute atomic E-state index is 13.2. The Morgan fingerprint density at radius 2 is 1.88 bits per heavy atom. The minimum atomic E-state index is -3.73. The van der Waals surface area contributed by atoms with Crippen LogP contribution in [0.25, 0.3) is 0 Å². The monoisotopic (exact) mass is 479 g/mol. The molecule has 1 fully saturated rings. The number of anilines is 2. The van der Waals surface area contributed by atoms with E-state index in [-0.39, 0.29) is 22.5 Å². The highest BCUT2D eigenvalue weighted by atomic mass is 35.5. The normalized spacial score (nSPS) is 18.6. The van der Waals surface area contributed by atoms with Crippen LogP contribution < -0.4 is 16.0 Å². The summed E-state index contributed by atoms with van der Waals surface area (Å²) in [6, 6.07) is 7.53. The van der Waals surface area contributed by atoms with Gasteiger partial charge in [-0.05, 0) is 48.7 Å². The lowest BCUT2D eigenvalue weighted by atomic mass is 10.1.